The summed E-state index contributed by atoms with van der Waals surface area (Å²) < 4.78 is 5.51. The third kappa shape index (κ3) is 4.91. The van der Waals surface area contributed by atoms with Crippen molar-refractivity contribution in [3.63, 3.8) is 0 Å². The maximum absolute atomic E-state index is 13.6. The maximum atomic E-state index is 13.6. The lowest BCUT2D eigenvalue weighted by molar-refractivity contribution is 0.102. The standard InChI is InChI=1S/C30H31N3O2/c1-3-21(2)22-12-14-23(15-13-22)28-20-25(24-8-4-5-9-26(24)31-28)30(34)32-27-10-6-7-11-29(27)33-16-18-35-19-17-33/h4-15,20-21H,3,16-19H2,1-2H3,(H,32,34)/t21-/m1/s1. The lowest BCUT2D eigenvalue weighted by Gasteiger charge is -2.30. The summed E-state index contributed by atoms with van der Waals surface area (Å²) in [5.74, 6) is 0.378. The van der Waals surface area contributed by atoms with Gasteiger partial charge in [-0.15, -0.1) is 0 Å². The second kappa shape index (κ2) is 10.3. The lowest BCUT2D eigenvalue weighted by atomic mass is 9.96. The van der Waals surface area contributed by atoms with Crippen molar-refractivity contribution >= 4 is 28.2 Å². The van der Waals surface area contributed by atoms with Crippen LogP contribution < -0.4 is 10.2 Å². The van der Waals surface area contributed by atoms with Crippen molar-refractivity contribution in [3.8, 4) is 11.3 Å². The first-order valence-corrected chi connectivity index (χ1v) is 12.4. The topological polar surface area (TPSA) is 54.5 Å². The Morgan fingerprint density at radius 2 is 1.71 bits per heavy atom. The van der Waals surface area contributed by atoms with Crippen LogP contribution in [0.3, 0.4) is 0 Å². The van der Waals surface area contributed by atoms with Crippen molar-refractivity contribution in [1.29, 1.82) is 0 Å². The molecule has 0 aliphatic carbocycles. The molecule has 1 aliphatic rings. The molecule has 0 unspecified atom stereocenters. The van der Waals surface area contributed by atoms with Crippen LogP contribution in [-0.4, -0.2) is 37.2 Å². The van der Waals surface area contributed by atoms with E-state index < -0.39 is 0 Å². The molecule has 2 heterocycles. The first-order chi connectivity index (χ1) is 17.1. The highest BCUT2D eigenvalue weighted by Crippen LogP contribution is 2.30. The molecule has 1 N–H and O–H groups in total. The van der Waals surface area contributed by atoms with E-state index in [0.29, 0.717) is 24.7 Å². The third-order valence-corrected chi connectivity index (χ3v) is 6.85. The van der Waals surface area contributed by atoms with E-state index in [1.807, 2.05) is 48.5 Å². The van der Waals surface area contributed by atoms with Crippen LogP contribution in [0, 0.1) is 0 Å². The molecule has 1 atom stereocenters. The summed E-state index contributed by atoms with van der Waals surface area (Å²) in [6.07, 6.45) is 1.10. The fourth-order valence-electron chi connectivity index (χ4n) is 4.58. The molecule has 5 nitrogen and oxygen atoms in total. The summed E-state index contributed by atoms with van der Waals surface area (Å²) in [5, 5.41) is 4.02. The molecular formula is C30H31N3O2. The van der Waals surface area contributed by atoms with Gasteiger partial charge in [0.25, 0.3) is 5.91 Å². The fourth-order valence-corrected chi connectivity index (χ4v) is 4.58. The summed E-state index contributed by atoms with van der Waals surface area (Å²) in [6.45, 7) is 7.43. The number of hydrogen-bond donors (Lipinski definition) is 1. The zero-order chi connectivity index (χ0) is 24.2. The number of carbonyl (C=O) groups is 1. The smallest absolute Gasteiger partial charge is 0.256 e. The van der Waals surface area contributed by atoms with Gasteiger partial charge in [-0.25, -0.2) is 4.98 Å². The number of fused-ring (bicyclic) bond motifs is 1. The Bertz CT molecular complexity index is 1330. The summed E-state index contributed by atoms with van der Waals surface area (Å²) in [5.41, 5.74) is 6.37. The number of rotatable bonds is 6. The molecular weight excluding hydrogens is 434 g/mol. The number of amides is 1. The second-order valence-corrected chi connectivity index (χ2v) is 9.07. The van der Waals surface area contributed by atoms with Gasteiger partial charge in [0.1, 0.15) is 0 Å². The predicted octanol–water partition coefficient (Wildman–Crippen LogP) is 6.50. The molecule has 1 amide bonds. The largest absolute Gasteiger partial charge is 0.378 e. The van der Waals surface area contributed by atoms with Crippen LogP contribution in [0.5, 0.6) is 0 Å². The van der Waals surface area contributed by atoms with Gasteiger partial charge in [-0.05, 0) is 42.2 Å². The molecule has 0 radical (unpaired) electrons. The molecule has 0 bridgehead atoms. The molecule has 3 aromatic carbocycles. The van der Waals surface area contributed by atoms with Crippen LogP contribution in [0.15, 0.2) is 78.9 Å². The Labute approximate surface area is 206 Å². The van der Waals surface area contributed by atoms with Gasteiger partial charge in [-0.2, -0.15) is 0 Å². The predicted molar refractivity (Wildman–Crippen MR) is 143 cm³/mol. The van der Waals surface area contributed by atoms with Crippen LogP contribution in [0.4, 0.5) is 11.4 Å². The van der Waals surface area contributed by atoms with Crippen molar-refractivity contribution in [1.82, 2.24) is 4.98 Å². The van der Waals surface area contributed by atoms with Crippen LogP contribution in [0.1, 0.15) is 42.1 Å². The minimum absolute atomic E-state index is 0.137. The first-order valence-electron chi connectivity index (χ1n) is 12.4. The fraction of sp³-hybridized carbons (Fsp3) is 0.267. The van der Waals surface area contributed by atoms with Crippen molar-refractivity contribution in [2.75, 3.05) is 36.5 Å². The van der Waals surface area contributed by atoms with Gasteiger partial charge in [0.15, 0.2) is 0 Å². The highest BCUT2D eigenvalue weighted by molar-refractivity contribution is 6.14. The number of nitrogens with one attached hydrogen (secondary N) is 1. The number of hydrogen-bond acceptors (Lipinski definition) is 4. The highest BCUT2D eigenvalue weighted by Gasteiger charge is 2.19. The number of nitrogens with zero attached hydrogens (tertiary/aromatic N) is 2. The summed E-state index contributed by atoms with van der Waals surface area (Å²) in [4.78, 5) is 20.8. The second-order valence-electron chi connectivity index (χ2n) is 9.07. The molecule has 35 heavy (non-hydrogen) atoms. The minimum atomic E-state index is -0.137. The van der Waals surface area contributed by atoms with Crippen molar-refractivity contribution in [2.24, 2.45) is 0 Å². The van der Waals surface area contributed by atoms with Crippen LogP contribution in [-0.2, 0) is 4.74 Å². The number of anilines is 2. The van der Waals surface area contributed by atoms with Crippen molar-refractivity contribution in [2.45, 2.75) is 26.2 Å². The third-order valence-electron chi connectivity index (χ3n) is 6.85. The van der Waals surface area contributed by atoms with Gasteiger partial charge in [0.05, 0.1) is 41.4 Å². The van der Waals surface area contributed by atoms with Gasteiger partial charge in [0.2, 0.25) is 0 Å². The van der Waals surface area contributed by atoms with Crippen molar-refractivity contribution in [3.05, 3.63) is 90.0 Å². The average Bonchev–Trinajstić information content (AvgIpc) is 2.93. The minimum Gasteiger partial charge on any atom is -0.378 e. The molecule has 1 saturated heterocycles. The van der Waals surface area contributed by atoms with Gasteiger partial charge in [-0.3, -0.25) is 4.79 Å². The van der Waals surface area contributed by atoms with E-state index in [1.54, 1.807) is 0 Å². The number of pyridine rings is 1. The van der Waals surface area contributed by atoms with Gasteiger partial charge < -0.3 is 15.0 Å². The highest BCUT2D eigenvalue weighted by atomic mass is 16.5. The van der Waals surface area contributed by atoms with E-state index >= 15 is 0 Å². The summed E-state index contributed by atoms with van der Waals surface area (Å²) in [6, 6.07) is 26.2. The molecule has 0 spiro atoms. The summed E-state index contributed by atoms with van der Waals surface area (Å²) >= 11 is 0. The quantitative estimate of drug-likeness (QED) is 0.353. The van der Waals surface area contributed by atoms with E-state index in [4.69, 9.17) is 9.72 Å². The Balaban J connectivity index is 1.50. The molecule has 5 rings (SSSR count). The Hall–Kier alpha value is -3.70. The number of morpholine rings is 1. The number of carbonyl (C=O) groups excluding carboxylic acids is 1. The van der Waals surface area contributed by atoms with Crippen LogP contribution >= 0.6 is 0 Å². The zero-order valence-electron chi connectivity index (χ0n) is 20.3. The van der Waals surface area contributed by atoms with Crippen LogP contribution in [0.2, 0.25) is 0 Å². The lowest BCUT2D eigenvalue weighted by Crippen LogP contribution is -2.36. The molecule has 0 saturated carbocycles. The zero-order valence-corrected chi connectivity index (χ0v) is 20.3. The summed E-state index contributed by atoms with van der Waals surface area (Å²) in [7, 11) is 0. The maximum Gasteiger partial charge on any atom is 0.256 e. The van der Waals surface area contributed by atoms with Crippen molar-refractivity contribution < 1.29 is 9.53 Å². The number of ether oxygens (including phenoxy) is 1. The average molecular weight is 466 g/mol. The number of para-hydroxylation sites is 3. The molecule has 4 aromatic rings. The van der Waals surface area contributed by atoms with E-state index in [9.17, 15) is 4.79 Å². The Kier molecular flexibility index (Phi) is 6.77. The molecule has 1 aromatic heterocycles. The van der Waals surface area contributed by atoms with E-state index in [2.05, 4.69) is 54.4 Å². The molecule has 178 valence electrons. The van der Waals surface area contributed by atoms with Gasteiger partial charge >= 0.3 is 0 Å². The number of benzene rings is 3. The molecule has 5 heteroatoms. The SMILES string of the molecule is CC[C@@H](C)c1ccc(-c2cc(C(=O)Nc3ccccc3N3CCOCC3)c3ccccc3n2)cc1. The van der Waals surface area contributed by atoms with Gasteiger partial charge in [0, 0.05) is 24.0 Å². The Morgan fingerprint density at radius 1 is 1.00 bits per heavy atom. The molecule has 1 fully saturated rings. The van der Waals surface area contributed by atoms with E-state index in [1.165, 1.54) is 5.56 Å². The Morgan fingerprint density at radius 3 is 2.49 bits per heavy atom. The number of aromatic nitrogens is 1. The first kappa shape index (κ1) is 23.1. The van der Waals surface area contributed by atoms with Crippen LogP contribution in [0.25, 0.3) is 22.2 Å². The van der Waals surface area contributed by atoms with Gasteiger partial charge in [-0.1, -0.05) is 68.4 Å². The monoisotopic (exact) mass is 465 g/mol. The van der Waals surface area contributed by atoms with E-state index in [0.717, 1.165) is 53.0 Å². The van der Waals surface area contributed by atoms with E-state index in [-0.39, 0.29) is 5.91 Å². The molecule has 1 aliphatic heterocycles. The normalized spacial score (nSPS) is 14.6.